The third kappa shape index (κ3) is 4.79. The monoisotopic (exact) mass is 294 g/mol. The second-order valence-corrected chi connectivity index (χ2v) is 5.56. The van der Waals surface area contributed by atoms with Crippen molar-refractivity contribution in [2.24, 2.45) is 0 Å². The van der Waals surface area contributed by atoms with Crippen LogP contribution in [0.25, 0.3) is 0 Å². The van der Waals surface area contributed by atoms with Crippen molar-refractivity contribution in [3.8, 4) is 0 Å². The molecule has 21 heavy (non-hydrogen) atoms. The average molecular weight is 294 g/mol. The van der Waals surface area contributed by atoms with E-state index in [1.54, 1.807) is 13.0 Å². The number of ether oxygens (including phenoxy) is 1. The molecule has 0 spiro atoms. The standard InChI is InChI=1S/C16H23FN2O2/c1-11-3-4-13(9-15(11)17)12(2)19-16(20)10-21-14-5-7-18-8-6-14/h3-4,9,12,14,18H,5-8,10H2,1-2H3,(H,19,20). The SMILES string of the molecule is Cc1ccc(C(C)NC(=O)COC2CCNCC2)cc1F. The van der Waals surface area contributed by atoms with Gasteiger partial charge in [-0.15, -0.1) is 0 Å². The number of amides is 1. The molecule has 1 aromatic carbocycles. The minimum atomic E-state index is -0.250. The van der Waals surface area contributed by atoms with Crippen molar-refractivity contribution in [1.82, 2.24) is 10.6 Å². The Hall–Kier alpha value is -1.46. The number of halogens is 1. The number of piperidine rings is 1. The Morgan fingerprint density at radius 2 is 2.19 bits per heavy atom. The third-order valence-corrected chi connectivity index (χ3v) is 3.81. The Kier molecular flexibility index (Phi) is 5.70. The molecule has 2 rings (SSSR count). The number of nitrogens with one attached hydrogen (secondary N) is 2. The lowest BCUT2D eigenvalue weighted by molar-refractivity contribution is -0.128. The van der Waals surface area contributed by atoms with Crippen LogP contribution in [0.2, 0.25) is 0 Å². The van der Waals surface area contributed by atoms with Crippen LogP contribution in [0.1, 0.15) is 36.9 Å². The summed E-state index contributed by atoms with van der Waals surface area (Å²) < 4.78 is 19.1. The van der Waals surface area contributed by atoms with E-state index in [0.717, 1.165) is 31.5 Å². The van der Waals surface area contributed by atoms with Crippen molar-refractivity contribution in [1.29, 1.82) is 0 Å². The van der Waals surface area contributed by atoms with Crippen molar-refractivity contribution >= 4 is 5.91 Å². The molecule has 1 aromatic rings. The molecule has 5 heteroatoms. The number of carbonyl (C=O) groups is 1. The molecule has 1 unspecified atom stereocenters. The maximum absolute atomic E-state index is 13.5. The van der Waals surface area contributed by atoms with Gasteiger partial charge in [-0.2, -0.15) is 0 Å². The van der Waals surface area contributed by atoms with E-state index in [1.165, 1.54) is 6.07 Å². The van der Waals surface area contributed by atoms with Crippen molar-refractivity contribution in [2.45, 2.75) is 38.8 Å². The predicted octanol–water partition coefficient (Wildman–Crippen LogP) is 2.08. The third-order valence-electron chi connectivity index (χ3n) is 3.81. The van der Waals surface area contributed by atoms with Gasteiger partial charge < -0.3 is 15.4 Å². The molecule has 2 N–H and O–H groups in total. The Bertz CT molecular complexity index is 487. The topological polar surface area (TPSA) is 50.4 Å². The number of hydrogen-bond donors (Lipinski definition) is 2. The first-order chi connectivity index (χ1) is 10.1. The molecule has 1 heterocycles. The van der Waals surface area contributed by atoms with Gasteiger partial charge in [-0.25, -0.2) is 4.39 Å². The van der Waals surface area contributed by atoms with E-state index in [1.807, 2.05) is 13.0 Å². The zero-order chi connectivity index (χ0) is 15.2. The molecular weight excluding hydrogens is 271 g/mol. The smallest absolute Gasteiger partial charge is 0.246 e. The summed E-state index contributed by atoms with van der Waals surface area (Å²) in [6.45, 7) is 5.49. The number of carbonyl (C=O) groups excluding carboxylic acids is 1. The Morgan fingerprint density at radius 3 is 2.86 bits per heavy atom. The molecule has 0 aliphatic carbocycles. The summed E-state index contributed by atoms with van der Waals surface area (Å²) >= 11 is 0. The lowest BCUT2D eigenvalue weighted by atomic mass is 10.1. The molecule has 4 nitrogen and oxygen atoms in total. The molecule has 1 saturated heterocycles. The van der Waals surface area contributed by atoms with Crippen LogP contribution in [0.3, 0.4) is 0 Å². The first-order valence-electron chi connectivity index (χ1n) is 7.44. The van der Waals surface area contributed by atoms with Crippen molar-refractivity contribution < 1.29 is 13.9 Å². The van der Waals surface area contributed by atoms with Gasteiger partial charge in [-0.1, -0.05) is 12.1 Å². The van der Waals surface area contributed by atoms with Gasteiger partial charge in [0.1, 0.15) is 12.4 Å². The van der Waals surface area contributed by atoms with Gasteiger partial charge >= 0.3 is 0 Å². The molecule has 0 radical (unpaired) electrons. The summed E-state index contributed by atoms with van der Waals surface area (Å²) in [5.74, 6) is -0.415. The molecule has 1 aliphatic rings. The van der Waals surface area contributed by atoms with E-state index in [4.69, 9.17) is 4.74 Å². The summed E-state index contributed by atoms with van der Waals surface area (Å²) in [4.78, 5) is 11.9. The maximum atomic E-state index is 13.5. The molecule has 0 bridgehead atoms. The molecule has 1 amide bonds. The molecule has 116 valence electrons. The number of benzene rings is 1. The van der Waals surface area contributed by atoms with E-state index in [0.29, 0.717) is 5.56 Å². The van der Waals surface area contributed by atoms with E-state index in [-0.39, 0.29) is 30.5 Å². The fourth-order valence-corrected chi connectivity index (χ4v) is 2.40. The summed E-state index contributed by atoms with van der Waals surface area (Å²) in [7, 11) is 0. The number of aryl methyl sites for hydroxylation is 1. The maximum Gasteiger partial charge on any atom is 0.246 e. The summed E-state index contributed by atoms with van der Waals surface area (Å²) in [6, 6.07) is 4.79. The van der Waals surface area contributed by atoms with Gasteiger partial charge in [0.05, 0.1) is 12.1 Å². The highest BCUT2D eigenvalue weighted by Crippen LogP contribution is 2.16. The fraction of sp³-hybridized carbons (Fsp3) is 0.562. The van der Waals surface area contributed by atoms with Gasteiger partial charge in [-0.3, -0.25) is 4.79 Å². The normalized spacial score (nSPS) is 17.5. The number of hydrogen-bond acceptors (Lipinski definition) is 3. The van der Waals surface area contributed by atoms with Crippen LogP contribution in [-0.4, -0.2) is 31.7 Å². The zero-order valence-corrected chi connectivity index (χ0v) is 12.6. The van der Waals surface area contributed by atoms with E-state index in [2.05, 4.69) is 10.6 Å². The van der Waals surface area contributed by atoms with Gasteiger partial charge in [-0.05, 0) is 57.0 Å². The van der Waals surface area contributed by atoms with Crippen LogP contribution in [-0.2, 0) is 9.53 Å². The van der Waals surface area contributed by atoms with Gasteiger partial charge in [0.15, 0.2) is 0 Å². The number of rotatable bonds is 5. The van der Waals surface area contributed by atoms with Gasteiger partial charge in [0, 0.05) is 0 Å². The lowest BCUT2D eigenvalue weighted by Gasteiger charge is -2.23. The van der Waals surface area contributed by atoms with E-state index in [9.17, 15) is 9.18 Å². The van der Waals surface area contributed by atoms with Crippen LogP contribution >= 0.6 is 0 Å². The van der Waals surface area contributed by atoms with Crippen molar-refractivity contribution in [3.63, 3.8) is 0 Å². The molecule has 1 fully saturated rings. The minimum absolute atomic E-state index is 0.0589. The van der Waals surface area contributed by atoms with E-state index < -0.39 is 0 Å². The average Bonchev–Trinajstić information content (AvgIpc) is 2.49. The lowest BCUT2D eigenvalue weighted by Crippen LogP contribution is -2.36. The van der Waals surface area contributed by atoms with Crippen LogP contribution in [0.4, 0.5) is 4.39 Å². The molecule has 0 saturated carbocycles. The predicted molar refractivity (Wildman–Crippen MR) is 79.5 cm³/mol. The van der Waals surface area contributed by atoms with Crippen molar-refractivity contribution in [3.05, 3.63) is 35.1 Å². The molecule has 1 atom stereocenters. The van der Waals surface area contributed by atoms with Gasteiger partial charge in [0.2, 0.25) is 5.91 Å². The highest BCUT2D eigenvalue weighted by molar-refractivity contribution is 5.77. The van der Waals surface area contributed by atoms with Crippen LogP contribution < -0.4 is 10.6 Å². The van der Waals surface area contributed by atoms with Crippen LogP contribution in [0.15, 0.2) is 18.2 Å². The molecule has 0 aromatic heterocycles. The van der Waals surface area contributed by atoms with Crippen molar-refractivity contribution in [2.75, 3.05) is 19.7 Å². The fourth-order valence-electron chi connectivity index (χ4n) is 2.40. The summed E-state index contributed by atoms with van der Waals surface area (Å²) in [5.41, 5.74) is 1.36. The summed E-state index contributed by atoms with van der Waals surface area (Å²) in [6.07, 6.45) is 2.03. The summed E-state index contributed by atoms with van der Waals surface area (Å²) in [5, 5.41) is 6.09. The highest BCUT2D eigenvalue weighted by atomic mass is 19.1. The van der Waals surface area contributed by atoms with Crippen LogP contribution in [0.5, 0.6) is 0 Å². The second-order valence-electron chi connectivity index (χ2n) is 5.56. The first kappa shape index (κ1) is 15.9. The zero-order valence-electron chi connectivity index (χ0n) is 12.6. The first-order valence-corrected chi connectivity index (χ1v) is 7.44. The largest absolute Gasteiger partial charge is 0.368 e. The highest BCUT2D eigenvalue weighted by Gasteiger charge is 2.16. The Balaban J connectivity index is 1.79. The quantitative estimate of drug-likeness (QED) is 0.874. The van der Waals surface area contributed by atoms with E-state index >= 15 is 0 Å². The Morgan fingerprint density at radius 1 is 1.48 bits per heavy atom. The molecule has 1 aliphatic heterocycles. The van der Waals surface area contributed by atoms with Gasteiger partial charge in [0.25, 0.3) is 0 Å². The second kappa shape index (κ2) is 7.52. The Labute approximate surface area is 125 Å². The van der Waals surface area contributed by atoms with Crippen LogP contribution in [0, 0.1) is 12.7 Å². The minimum Gasteiger partial charge on any atom is -0.368 e. The molecular formula is C16H23FN2O2.